The molecule has 19 heavy (non-hydrogen) atoms. The second-order valence-corrected chi connectivity index (χ2v) is 7.31. The molecule has 4 rings (SSSR count). The molecule has 0 spiro atoms. The fourth-order valence-electron chi connectivity index (χ4n) is 5.61. The minimum Gasteiger partial charge on any atom is -0.353 e. The van der Waals surface area contributed by atoms with Gasteiger partial charge in [0.15, 0.2) is 0 Å². The summed E-state index contributed by atoms with van der Waals surface area (Å²) in [5.74, 6) is 4.29. The van der Waals surface area contributed by atoms with E-state index in [1.54, 1.807) is 0 Å². The number of nitrogens with one attached hydrogen (secondary N) is 2. The Kier molecular flexibility index (Phi) is 3.06. The molecule has 0 aromatic rings. The lowest BCUT2D eigenvalue weighted by molar-refractivity contribution is -0.126. The molecule has 3 heteroatoms. The molecule has 4 aliphatic rings. The topological polar surface area (TPSA) is 41.1 Å². The van der Waals surface area contributed by atoms with E-state index in [0.717, 1.165) is 49.6 Å². The van der Waals surface area contributed by atoms with E-state index >= 15 is 0 Å². The molecule has 1 amide bonds. The monoisotopic (exact) mass is 262 g/mol. The van der Waals surface area contributed by atoms with Crippen molar-refractivity contribution in [3.8, 4) is 0 Å². The third kappa shape index (κ3) is 2.01. The largest absolute Gasteiger partial charge is 0.353 e. The van der Waals surface area contributed by atoms with Gasteiger partial charge in [-0.2, -0.15) is 0 Å². The van der Waals surface area contributed by atoms with E-state index in [4.69, 9.17) is 0 Å². The highest BCUT2D eigenvalue weighted by Gasteiger charge is 2.54. The zero-order chi connectivity index (χ0) is 12.8. The van der Waals surface area contributed by atoms with Crippen LogP contribution in [0, 0.1) is 29.6 Å². The van der Waals surface area contributed by atoms with Crippen molar-refractivity contribution in [1.29, 1.82) is 0 Å². The number of carbonyl (C=O) groups excluding carboxylic acids is 1. The van der Waals surface area contributed by atoms with Gasteiger partial charge in [-0.1, -0.05) is 6.42 Å². The molecular formula is C16H26N2O. The van der Waals surface area contributed by atoms with Crippen molar-refractivity contribution < 1.29 is 4.79 Å². The van der Waals surface area contributed by atoms with Crippen LogP contribution in [-0.2, 0) is 4.79 Å². The van der Waals surface area contributed by atoms with Crippen molar-refractivity contribution in [2.24, 2.45) is 29.6 Å². The Morgan fingerprint density at radius 2 is 1.89 bits per heavy atom. The third-order valence-corrected chi connectivity index (χ3v) is 6.42. The van der Waals surface area contributed by atoms with Crippen LogP contribution in [0.1, 0.15) is 44.9 Å². The first-order valence-electron chi connectivity index (χ1n) is 8.34. The van der Waals surface area contributed by atoms with E-state index in [2.05, 4.69) is 10.6 Å². The highest BCUT2D eigenvalue weighted by atomic mass is 16.2. The van der Waals surface area contributed by atoms with Gasteiger partial charge >= 0.3 is 0 Å². The van der Waals surface area contributed by atoms with Gasteiger partial charge in [0, 0.05) is 12.6 Å². The number of carbonyl (C=O) groups is 1. The molecule has 1 heterocycles. The summed E-state index contributed by atoms with van der Waals surface area (Å²) in [6, 6.07) is 0.513. The quantitative estimate of drug-likeness (QED) is 0.798. The molecule has 5 unspecified atom stereocenters. The maximum atomic E-state index is 12.4. The molecule has 1 aliphatic heterocycles. The number of amides is 1. The summed E-state index contributed by atoms with van der Waals surface area (Å²) in [4.78, 5) is 12.4. The number of hydrogen-bond acceptors (Lipinski definition) is 2. The Morgan fingerprint density at radius 3 is 2.74 bits per heavy atom. The van der Waals surface area contributed by atoms with Gasteiger partial charge < -0.3 is 10.6 Å². The fraction of sp³-hybridized carbons (Fsp3) is 0.938. The van der Waals surface area contributed by atoms with E-state index in [-0.39, 0.29) is 5.92 Å². The molecule has 106 valence electrons. The van der Waals surface area contributed by atoms with Crippen LogP contribution in [0.3, 0.4) is 0 Å². The van der Waals surface area contributed by atoms with E-state index < -0.39 is 0 Å². The molecular weight excluding hydrogens is 236 g/mol. The van der Waals surface area contributed by atoms with Crippen LogP contribution in [0.25, 0.3) is 0 Å². The Labute approximate surface area is 115 Å². The molecule has 0 aromatic carbocycles. The maximum absolute atomic E-state index is 12.4. The SMILES string of the molecule is O=C(NC1CC2CC1C1CCCC21)[C@@H]1CCCNC1. The summed E-state index contributed by atoms with van der Waals surface area (Å²) >= 11 is 0. The van der Waals surface area contributed by atoms with Crippen LogP contribution in [0.4, 0.5) is 0 Å². The number of hydrogen-bond donors (Lipinski definition) is 2. The van der Waals surface area contributed by atoms with Crippen molar-refractivity contribution >= 4 is 5.91 Å². The standard InChI is InChI=1S/C16H26N2O/c19-16(10-3-2-6-17-9-10)18-15-8-11-7-14(15)13-5-1-4-12(11)13/h10-15,17H,1-9H2,(H,18,19)/t10-,11?,12?,13?,14?,15?/m1/s1. The average molecular weight is 262 g/mol. The smallest absolute Gasteiger partial charge is 0.224 e. The number of fused-ring (bicyclic) bond motifs is 5. The number of rotatable bonds is 2. The Morgan fingerprint density at radius 1 is 1.00 bits per heavy atom. The lowest BCUT2D eigenvalue weighted by Gasteiger charge is -2.33. The van der Waals surface area contributed by atoms with Crippen molar-refractivity contribution in [3.63, 3.8) is 0 Å². The fourth-order valence-corrected chi connectivity index (χ4v) is 5.61. The van der Waals surface area contributed by atoms with Crippen LogP contribution in [0.5, 0.6) is 0 Å². The summed E-state index contributed by atoms with van der Waals surface area (Å²) in [5.41, 5.74) is 0. The Balaban J connectivity index is 1.37. The van der Waals surface area contributed by atoms with Crippen molar-refractivity contribution in [1.82, 2.24) is 10.6 Å². The molecule has 2 N–H and O–H groups in total. The maximum Gasteiger partial charge on any atom is 0.224 e. The zero-order valence-electron chi connectivity index (χ0n) is 11.7. The molecule has 0 radical (unpaired) electrons. The van der Waals surface area contributed by atoms with Crippen molar-refractivity contribution in [2.45, 2.75) is 51.0 Å². The van der Waals surface area contributed by atoms with Crippen LogP contribution < -0.4 is 10.6 Å². The van der Waals surface area contributed by atoms with Gasteiger partial charge in [0.1, 0.15) is 0 Å². The third-order valence-electron chi connectivity index (χ3n) is 6.42. The highest BCUT2D eigenvalue weighted by molar-refractivity contribution is 5.79. The number of piperidine rings is 1. The van der Waals surface area contributed by atoms with Gasteiger partial charge in [0.25, 0.3) is 0 Å². The van der Waals surface area contributed by atoms with E-state index in [9.17, 15) is 4.79 Å². The van der Waals surface area contributed by atoms with Gasteiger partial charge in [0.2, 0.25) is 5.91 Å². The normalized spacial score (nSPS) is 48.2. The predicted octanol–water partition coefficient (Wildman–Crippen LogP) is 1.93. The Hall–Kier alpha value is -0.570. The average Bonchev–Trinajstić information content (AvgIpc) is 3.11. The summed E-state index contributed by atoms with van der Waals surface area (Å²) in [6.45, 7) is 1.97. The van der Waals surface area contributed by atoms with E-state index in [0.29, 0.717) is 11.9 Å². The summed E-state index contributed by atoms with van der Waals surface area (Å²) < 4.78 is 0. The first-order chi connectivity index (χ1) is 9.33. The molecule has 6 atom stereocenters. The minimum absolute atomic E-state index is 0.229. The summed E-state index contributed by atoms with van der Waals surface area (Å²) in [5, 5.41) is 6.76. The van der Waals surface area contributed by atoms with Crippen LogP contribution >= 0.6 is 0 Å². The van der Waals surface area contributed by atoms with E-state index in [1.807, 2.05) is 0 Å². The van der Waals surface area contributed by atoms with Crippen LogP contribution in [0.15, 0.2) is 0 Å². The molecule has 1 saturated heterocycles. The summed E-state index contributed by atoms with van der Waals surface area (Å²) in [6.07, 6.45) is 9.25. The lowest BCUT2D eigenvalue weighted by atomic mass is 9.79. The summed E-state index contributed by atoms with van der Waals surface area (Å²) in [7, 11) is 0. The van der Waals surface area contributed by atoms with Gasteiger partial charge in [-0.15, -0.1) is 0 Å². The van der Waals surface area contributed by atoms with Gasteiger partial charge in [-0.25, -0.2) is 0 Å². The predicted molar refractivity (Wildman–Crippen MR) is 74.6 cm³/mol. The van der Waals surface area contributed by atoms with Crippen LogP contribution in [-0.4, -0.2) is 25.0 Å². The first kappa shape index (κ1) is 12.2. The van der Waals surface area contributed by atoms with Crippen molar-refractivity contribution in [3.05, 3.63) is 0 Å². The molecule has 3 nitrogen and oxygen atoms in total. The minimum atomic E-state index is 0.229. The zero-order valence-corrected chi connectivity index (χ0v) is 11.7. The molecule has 2 bridgehead atoms. The first-order valence-corrected chi connectivity index (χ1v) is 8.34. The van der Waals surface area contributed by atoms with Crippen LogP contribution in [0.2, 0.25) is 0 Å². The second kappa shape index (κ2) is 4.76. The van der Waals surface area contributed by atoms with Gasteiger partial charge in [0.05, 0.1) is 5.92 Å². The molecule has 0 aromatic heterocycles. The van der Waals surface area contributed by atoms with Gasteiger partial charge in [-0.05, 0) is 68.7 Å². The Bertz CT molecular complexity index is 364. The molecule has 3 aliphatic carbocycles. The molecule has 3 saturated carbocycles. The van der Waals surface area contributed by atoms with Crippen molar-refractivity contribution in [2.75, 3.05) is 13.1 Å². The van der Waals surface area contributed by atoms with Gasteiger partial charge in [-0.3, -0.25) is 4.79 Å². The lowest BCUT2D eigenvalue weighted by Crippen LogP contribution is -2.47. The van der Waals surface area contributed by atoms with E-state index in [1.165, 1.54) is 32.1 Å². The molecule has 4 fully saturated rings. The second-order valence-electron chi connectivity index (χ2n) is 7.31. The highest BCUT2D eigenvalue weighted by Crippen LogP contribution is 2.58.